The number of carbonyl (C=O) groups is 2. The summed E-state index contributed by atoms with van der Waals surface area (Å²) in [6.45, 7) is 3.77. The van der Waals surface area contributed by atoms with Crippen LogP contribution >= 0.6 is 23.2 Å². The maximum Gasteiger partial charge on any atom is 0.251 e. The van der Waals surface area contributed by atoms with Gasteiger partial charge in [0.05, 0.1) is 23.4 Å². The first kappa shape index (κ1) is 23.3. The Hall–Kier alpha value is -3.03. The van der Waals surface area contributed by atoms with Crippen molar-refractivity contribution in [3.05, 3.63) is 69.7 Å². The number of hydrogen-bond acceptors (Lipinski definition) is 5. The van der Waals surface area contributed by atoms with Crippen LogP contribution in [0.4, 0.5) is 0 Å². The third-order valence-corrected chi connectivity index (χ3v) is 4.72. The number of methoxy groups -OCH3 is 1. The number of allylic oxidation sites excluding steroid dienone is 1. The number of carbonyl (C=O) groups excluding carboxylic acids is 2. The lowest BCUT2D eigenvalue weighted by atomic mass is 10.1. The van der Waals surface area contributed by atoms with Gasteiger partial charge in [-0.2, -0.15) is 5.10 Å². The van der Waals surface area contributed by atoms with E-state index in [9.17, 15) is 14.7 Å². The summed E-state index contributed by atoms with van der Waals surface area (Å²) >= 11 is 11.7. The van der Waals surface area contributed by atoms with E-state index in [1.165, 1.54) is 25.5 Å². The van der Waals surface area contributed by atoms with Gasteiger partial charge in [-0.1, -0.05) is 29.3 Å². The molecule has 3 N–H and O–H groups in total. The van der Waals surface area contributed by atoms with Gasteiger partial charge < -0.3 is 15.2 Å². The standard InChI is InChI=1S/C21H21Cl2N3O4/c1-3-4-14-9-13(10-18(30-2)20(14)28)12-25-26-19(27)7-8-24-21(29)15-5-6-16(22)17(23)11-15/h3,5-6,9-12,28H,1,4,7-8H2,2H3,(H,24,29)(H,26,27). The average Bonchev–Trinajstić information content (AvgIpc) is 2.72. The summed E-state index contributed by atoms with van der Waals surface area (Å²) in [7, 11) is 1.45. The van der Waals surface area contributed by atoms with Gasteiger partial charge >= 0.3 is 0 Å². The third kappa shape index (κ3) is 6.50. The van der Waals surface area contributed by atoms with Crippen molar-refractivity contribution in [3.8, 4) is 11.5 Å². The van der Waals surface area contributed by atoms with Gasteiger partial charge in [0.15, 0.2) is 11.5 Å². The molecule has 0 fully saturated rings. The van der Waals surface area contributed by atoms with E-state index in [4.69, 9.17) is 27.9 Å². The van der Waals surface area contributed by atoms with E-state index in [0.717, 1.165) is 0 Å². The molecule has 158 valence electrons. The monoisotopic (exact) mass is 449 g/mol. The predicted molar refractivity (Wildman–Crippen MR) is 118 cm³/mol. The number of rotatable bonds is 9. The molecule has 30 heavy (non-hydrogen) atoms. The first-order valence-electron chi connectivity index (χ1n) is 8.91. The molecule has 2 aromatic carbocycles. The molecule has 2 aromatic rings. The zero-order valence-corrected chi connectivity index (χ0v) is 17.8. The number of amides is 2. The molecule has 0 heterocycles. The molecule has 0 spiro atoms. The Balaban J connectivity index is 1.86. The van der Waals surface area contributed by atoms with E-state index >= 15 is 0 Å². The second-order valence-electron chi connectivity index (χ2n) is 6.15. The number of hydrogen-bond donors (Lipinski definition) is 3. The van der Waals surface area contributed by atoms with Crippen LogP contribution in [0, 0.1) is 0 Å². The van der Waals surface area contributed by atoms with Crippen LogP contribution < -0.4 is 15.5 Å². The van der Waals surface area contributed by atoms with E-state index in [-0.39, 0.29) is 35.6 Å². The quantitative estimate of drug-likeness (QED) is 0.308. The van der Waals surface area contributed by atoms with Gasteiger partial charge in [-0.25, -0.2) is 5.43 Å². The minimum Gasteiger partial charge on any atom is -0.504 e. The fourth-order valence-electron chi connectivity index (χ4n) is 2.49. The summed E-state index contributed by atoms with van der Waals surface area (Å²) in [5.41, 5.74) is 3.99. The molecule has 0 atom stereocenters. The Bertz CT molecular complexity index is 977. The van der Waals surface area contributed by atoms with Gasteiger partial charge in [0.2, 0.25) is 5.91 Å². The highest BCUT2D eigenvalue weighted by Gasteiger charge is 2.10. The van der Waals surface area contributed by atoms with E-state index in [2.05, 4.69) is 22.4 Å². The van der Waals surface area contributed by atoms with Crippen molar-refractivity contribution in [1.29, 1.82) is 0 Å². The maximum atomic E-state index is 12.0. The summed E-state index contributed by atoms with van der Waals surface area (Å²) in [4.78, 5) is 24.0. The molecule has 0 unspecified atom stereocenters. The summed E-state index contributed by atoms with van der Waals surface area (Å²) < 4.78 is 5.14. The van der Waals surface area contributed by atoms with Crippen molar-refractivity contribution in [2.24, 2.45) is 5.10 Å². The van der Waals surface area contributed by atoms with Gasteiger partial charge in [0.25, 0.3) is 5.91 Å². The van der Waals surface area contributed by atoms with Gasteiger partial charge in [-0.15, -0.1) is 6.58 Å². The van der Waals surface area contributed by atoms with Crippen LogP contribution in [-0.2, 0) is 11.2 Å². The topological polar surface area (TPSA) is 100 Å². The van der Waals surface area contributed by atoms with Crippen LogP contribution in [0.15, 0.2) is 48.1 Å². The van der Waals surface area contributed by atoms with Gasteiger partial charge in [-0.05, 0) is 42.3 Å². The summed E-state index contributed by atoms with van der Waals surface area (Å²) in [6.07, 6.45) is 3.57. The second-order valence-corrected chi connectivity index (χ2v) is 6.97. The largest absolute Gasteiger partial charge is 0.504 e. The highest BCUT2D eigenvalue weighted by molar-refractivity contribution is 6.42. The van der Waals surface area contributed by atoms with Crippen LogP contribution in [0.5, 0.6) is 11.5 Å². The predicted octanol–water partition coefficient (Wildman–Crippen LogP) is 3.71. The Morgan fingerprint density at radius 1 is 1.23 bits per heavy atom. The van der Waals surface area contributed by atoms with Gasteiger partial charge in [0, 0.05) is 24.1 Å². The van der Waals surface area contributed by atoms with Crippen molar-refractivity contribution >= 4 is 41.2 Å². The minimum absolute atomic E-state index is 0.0328. The lowest BCUT2D eigenvalue weighted by Crippen LogP contribution is -2.29. The van der Waals surface area contributed by atoms with E-state index in [0.29, 0.717) is 33.9 Å². The molecule has 2 rings (SSSR count). The molecule has 0 aliphatic rings. The van der Waals surface area contributed by atoms with Crippen molar-refractivity contribution < 1.29 is 19.4 Å². The number of benzene rings is 2. The highest BCUT2D eigenvalue weighted by atomic mass is 35.5. The molecule has 7 nitrogen and oxygen atoms in total. The molecule has 0 saturated heterocycles. The van der Waals surface area contributed by atoms with Crippen LogP contribution in [0.2, 0.25) is 10.0 Å². The molecule has 0 radical (unpaired) electrons. The minimum atomic E-state index is -0.377. The summed E-state index contributed by atoms with van der Waals surface area (Å²) in [5, 5.41) is 17.2. The average molecular weight is 450 g/mol. The number of nitrogens with one attached hydrogen (secondary N) is 2. The maximum absolute atomic E-state index is 12.0. The molecule has 9 heteroatoms. The smallest absolute Gasteiger partial charge is 0.251 e. The molecule has 0 aliphatic carbocycles. The molecule has 0 saturated carbocycles. The van der Waals surface area contributed by atoms with Crippen molar-refractivity contribution in [2.45, 2.75) is 12.8 Å². The zero-order chi connectivity index (χ0) is 22.1. The Kier molecular flexibility index (Phi) is 8.70. The third-order valence-electron chi connectivity index (χ3n) is 3.98. The number of hydrazone groups is 1. The second kappa shape index (κ2) is 11.2. The number of aromatic hydroxyl groups is 1. The van der Waals surface area contributed by atoms with Crippen LogP contribution in [0.3, 0.4) is 0 Å². The zero-order valence-electron chi connectivity index (χ0n) is 16.2. The molecular weight excluding hydrogens is 429 g/mol. The number of phenolic OH excluding ortho intramolecular Hbond substituents is 1. The molecule has 0 bridgehead atoms. The van der Waals surface area contributed by atoms with E-state index in [1.807, 2.05) is 0 Å². The molecular formula is C21H21Cl2N3O4. The SMILES string of the molecule is C=CCc1cc(C=NNC(=O)CCNC(=O)c2ccc(Cl)c(Cl)c2)cc(OC)c1O. The highest BCUT2D eigenvalue weighted by Crippen LogP contribution is 2.31. The number of phenols is 1. The van der Waals surface area contributed by atoms with E-state index < -0.39 is 0 Å². The first-order valence-corrected chi connectivity index (χ1v) is 9.67. The normalized spacial score (nSPS) is 10.6. The number of halogens is 2. The van der Waals surface area contributed by atoms with E-state index in [1.54, 1.807) is 24.3 Å². The fourth-order valence-corrected chi connectivity index (χ4v) is 2.79. The van der Waals surface area contributed by atoms with Crippen molar-refractivity contribution in [3.63, 3.8) is 0 Å². The summed E-state index contributed by atoms with van der Waals surface area (Å²) in [5.74, 6) is -0.406. The van der Waals surface area contributed by atoms with Crippen molar-refractivity contribution in [1.82, 2.24) is 10.7 Å². The lowest BCUT2D eigenvalue weighted by molar-refractivity contribution is -0.120. The van der Waals surface area contributed by atoms with Crippen molar-refractivity contribution in [2.75, 3.05) is 13.7 Å². The van der Waals surface area contributed by atoms with Crippen LogP contribution in [0.25, 0.3) is 0 Å². The van der Waals surface area contributed by atoms with Crippen LogP contribution in [0.1, 0.15) is 27.9 Å². The Morgan fingerprint density at radius 3 is 2.67 bits per heavy atom. The van der Waals surface area contributed by atoms with Gasteiger partial charge in [-0.3, -0.25) is 9.59 Å². The fraction of sp³-hybridized carbons (Fsp3) is 0.190. The number of nitrogens with zero attached hydrogens (tertiary/aromatic N) is 1. The molecule has 2 amide bonds. The summed E-state index contributed by atoms with van der Waals surface area (Å²) in [6, 6.07) is 7.83. The first-order chi connectivity index (χ1) is 14.3. The molecule has 0 aliphatic heterocycles. The Morgan fingerprint density at radius 2 is 2.00 bits per heavy atom. The van der Waals surface area contributed by atoms with Crippen LogP contribution in [-0.4, -0.2) is 36.8 Å². The van der Waals surface area contributed by atoms with Gasteiger partial charge in [0.1, 0.15) is 0 Å². The lowest BCUT2D eigenvalue weighted by Gasteiger charge is -2.09. The number of ether oxygens (including phenoxy) is 1. The Labute approximate surface area is 184 Å². The molecule has 0 aromatic heterocycles.